The molecule has 144 valence electrons. The van der Waals surface area contributed by atoms with Gasteiger partial charge in [-0.2, -0.15) is 0 Å². The minimum atomic E-state index is -0.813. The maximum atomic E-state index is 12.4. The third-order valence-electron chi connectivity index (χ3n) is 3.97. The Morgan fingerprint density at radius 1 is 1.14 bits per heavy atom. The number of anilines is 1. The van der Waals surface area contributed by atoms with E-state index in [9.17, 15) is 9.59 Å². The predicted octanol–water partition coefficient (Wildman–Crippen LogP) is 5.05. The Kier molecular flexibility index (Phi) is 6.83. The summed E-state index contributed by atoms with van der Waals surface area (Å²) in [5.41, 5.74) is 3.51. The van der Waals surface area contributed by atoms with E-state index in [0.717, 1.165) is 11.1 Å². The lowest BCUT2D eigenvalue weighted by molar-refractivity contribution is -0.116. The second kappa shape index (κ2) is 9.32. The zero-order valence-corrected chi connectivity index (χ0v) is 17.7. The smallest absolute Gasteiger partial charge is 0.248 e. The number of rotatable bonds is 7. The van der Waals surface area contributed by atoms with Gasteiger partial charge in [0.25, 0.3) is 0 Å². The summed E-state index contributed by atoms with van der Waals surface area (Å²) in [4.78, 5) is 24.7. The molecular weight excluding hydrogens is 414 g/mol. The largest absolute Gasteiger partial charge is 0.299 e. The minimum Gasteiger partial charge on any atom is -0.299 e. The number of alkyl halides is 1. The van der Waals surface area contributed by atoms with Crippen LogP contribution in [0.4, 0.5) is 5.13 Å². The van der Waals surface area contributed by atoms with Crippen LogP contribution in [-0.4, -0.2) is 27.6 Å². The summed E-state index contributed by atoms with van der Waals surface area (Å²) >= 11 is 8.72. The molecule has 3 rings (SSSR count). The van der Waals surface area contributed by atoms with Crippen LogP contribution < -0.4 is 5.32 Å². The zero-order valence-electron chi connectivity index (χ0n) is 15.3. The molecule has 1 atom stereocenters. The third kappa shape index (κ3) is 5.19. The Morgan fingerprint density at radius 2 is 1.89 bits per heavy atom. The van der Waals surface area contributed by atoms with Crippen LogP contribution in [-0.2, 0) is 4.79 Å². The van der Waals surface area contributed by atoms with Crippen molar-refractivity contribution in [1.29, 1.82) is 0 Å². The first kappa shape index (κ1) is 20.5. The summed E-state index contributed by atoms with van der Waals surface area (Å²) in [6.45, 7) is 3.93. The van der Waals surface area contributed by atoms with E-state index in [1.54, 1.807) is 12.1 Å². The Balaban J connectivity index is 1.57. The average molecular weight is 432 g/mol. The van der Waals surface area contributed by atoms with E-state index in [2.05, 4.69) is 15.5 Å². The van der Waals surface area contributed by atoms with Crippen LogP contribution in [0.15, 0.2) is 52.9 Å². The Bertz CT molecular complexity index is 992. The van der Waals surface area contributed by atoms with Crippen LogP contribution in [0, 0.1) is 13.8 Å². The van der Waals surface area contributed by atoms with Gasteiger partial charge in [0.15, 0.2) is 10.1 Å². The van der Waals surface area contributed by atoms with Crippen molar-refractivity contribution in [2.75, 3.05) is 11.1 Å². The van der Waals surface area contributed by atoms with Gasteiger partial charge in [0, 0.05) is 5.56 Å². The van der Waals surface area contributed by atoms with Crippen molar-refractivity contribution < 1.29 is 9.59 Å². The van der Waals surface area contributed by atoms with Crippen molar-refractivity contribution in [3.05, 3.63) is 70.8 Å². The van der Waals surface area contributed by atoms with E-state index in [0.29, 0.717) is 20.6 Å². The normalized spacial score (nSPS) is 11.8. The number of thioether (sulfide) groups is 1. The van der Waals surface area contributed by atoms with Gasteiger partial charge in [-0.15, -0.1) is 21.8 Å². The first-order valence-electron chi connectivity index (χ1n) is 8.50. The molecule has 0 saturated carbocycles. The van der Waals surface area contributed by atoms with Crippen LogP contribution >= 0.6 is 34.7 Å². The number of benzene rings is 2. The number of halogens is 1. The van der Waals surface area contributed by atoms with E-state index in [-0.39, 0.29) is 17.4 Å². The number of carbonyl (C=O) groups excluding carboxylic acids is 2. The topological polar surface area (TPSA) is 72.0 Å². The molecule has 1 amide bonds. The van der Waals surface area contributed by atoms with E-state index in [1.165, 1.54) is 23.1 Å². The summed E-state index contributed by atoms with van der Waals surface area (Å²) in [5, 5.41) is 10.2. The summed E-state index contributed by atoms with van der Waals surface area (Å²) in [5.74, 6) is -0.0747. The Hall–Kier alpha value is -2.22. The molecule has 8 heteroatoms. The second-order valence-electron chi connectivity index (χ2n) is 6.17. The lowest BCUT2D eigenvalue weighted by Crippen LogP contribution is -2.17. The highest BCUT2D eigenvalue weighted by molar-refractivity contribution is 8.01. The number of hydrogen-bond donors (Lipinski definition) is 1. The fourth-order valence-electron chi connectivity index (χ4n) is 2.59. The molecule has 3 aromatic rings. The Morgan fingerprint density at radius 3 is 2.61 bits per heavy atom. The van der Waals surface area contributed by atoms with Gasteiger partial charge in [-0.3, -0.25) is 14.9 Å². The zero-order chi connectivity index (χ0) is 20.1. The van der Waals surface area contributed by atoms with Crippen LogP contribution in [0.25, 0.3) is 0 Å². The average Bonchev–Trinajstić information content (AvgIpc) is 3.13. The van der Waals surface area contributed by atoms with Crippen molar-refractivity contribution in [2.24, 2.45) is 0 Å². The van der Waals surface area contributed by atoms with E-state index in [1.807, 2.05) is 50.2 Å². The van der Waals surface area contributed by atoms with Gasteiger partial charge in [0.1, 0.15) is 5.38 Å². The predicted molar refractivity (Wildman–Crippen MR) is 115 cm³/mol. The van der Waals surface area contributed by atoms with Gasteiger partial charge >= 0.3 is 0 Å². The number of amides is 1. The number of aromatic nitrogens is 2. The summed E-state index contributed by atoms with van der Waals surface area (Å²) in [6.07, 6.45) is 0. The fraction of sp³-hybridized carbons (Fsp3) is 0.200. The number of nitrogens with zero attached hydrogens (tertiary/aromatic N) is 2. The maximum Gasteiger partial charge on any atom is 0.248 e. The maximum absolute atomic E-state index is 12.4. The lowest BCUT2D eigenvalue weighted by atomic mass is 10.0. The van der Waals surface area contributed by atoms with E-state index in [4.69, 9.17) is 11.6 Å². The van der Waals surface area contributed by atoms with Gasteiger partial charge in [0.05, 0.1) is 5.75 Å². The molecule has 1 aromatic heterocycles. The quantitative estimate of drug-likeness (QED) is 0.245. The molecule has 0 radical (unpaired) electrons. The molecule has 1 heterocycles. The molecule has 1 unspecified atom stereocenters. The molecule has 0 fully saturated rings. The monoisotopic (exact) mass is 431 g/mol. The molecule has 1 N–H and O–H groups in total. The molecule has 0 spiro atoms. The number of aryl methyl sites for hydroxylation is 2. The highest BCUT2D eigenvalue weighted by Gasteiger charge is 2.19. The number of Topliss-reactive ketones (excluding diaryl/α,β-unsaturated/α-hetero) is 1. The van der Waals surface area contributed by atoms with Gasteiger partial charge in [-0.05, 0) is 25.0 Å². The van der Waals surface area contributed by atoms with Gasteiger partial charge in [-0.25, -0.2) is 0 Å². The molecule has 5 nitrogen and oxygen atoms in total. The van der Waals surface area contributed by atoms with Crippen LogP contribution in [0.3, 0.4) is 0 Å². The standard InChI is InChI=1S/C20H18ClN3O2S2/c1-12-8-9-15(13(2)10-12)16(25)11-27-20-24-23-19(28-20)22-18(26)17(21)14-6-4-3-5-7-14/h3-10,17H,11H2,1-2H3,(H,22,23,26). The van der Waals surface area contributed by atoms with Crippen molar-refractivity contribution in [1.82, 2.24) is 10.2 Å². The molecule has 0 saturated heterocycles. The fourth-order valence-corrected chi connectivity index (χ4v) is 4.43. The second-order valence-corrected chi connectivity index (χ2v) is 8.80. The molecule has 0 bridgehead atoms. The molecule has 0 aliphatic carbocycles. The summed E-state index contributed by atoms with van der Waals surface area (Å²) in [7, 11) is 0. The van der Waals surface area contributed by atoms with Crippen molar-refractivity contribution in [3.63, 3.8) is 0 Å². The molecule has 0 aliphatic heterocycles. The summed E-state index contributed by atoms with van der Waals surface area (Å²) < 4.78 is 0.610. The SMILES string of the molecule is Cc1ccc(C(=O)CSc2nnc(NC(=O)C(Cl)c3ccccc3)s2)c(C)c1. The minimum absolute atomic E-state index is 0.0354. The van der Waals surface area contributed by atoms with Crippen molar-refractivity contribution in [3.8, 4) is 0 Å². The Labute approximate surface area is 176 Å². The highest BCUT2D eigenvalue weighted by atomic mass is 35.5. The number of ketones is 1. The van der Waals surface area contributed by atoms with Gasteiger partial charge < -0.3 is 0 Å². The van der Waals surface area contributed by atoms with E-state index < -0.39 is 5.38 Å². The molecule has 28 heavy (non-hydrogen) atoms. The van der Waals surface area contributed by atoms with Crippen molar-refractivity contribution in [2.45, 2.75) is 23.6 Å². The molecule has 2 aromatic carbocycles. The van der Waals surface area contributed by atoms with Crippen LogP contribution in [0.2, 0.25) is 0 Å². The van der Waals surface area contributed by atoms with Crippen LogP contribution in [0.1, 0.15) is 32.4 Å². The first-order valence-corrected chi connectivity index (χ1v) is 10.7. The van der Waals surface area contributed by atoms with Crippen molar-refractivity contribution >= 4 is 51.5 Å². The number of hydrogen-bond acceptors (Lipinski definition) is 6. The lowest BCUT2D eigenvalue weighted by Gasteiger charge is -2.08. The number of carbonyl (C=O) groups is 2. The molecular formula is C20H18ClN3O2S2. The van der Waals surface area contributed by atoms with Gasteiger partial charge in [-0.1, -0.05) is 77.2 Å². The molecule has 0 aliphatic rings. The van der Waals surface area contributed by atoms with Crippen LogP contribution in [0.5, 0.6) is 0 Å². The first-order chi connectivity index (χ1) is 13.4. The number of nitrogens with one attached hydrogen (secondary N) is 1. The summed E-state index contributed by atoms with van der Waals surface area (Å²) in [6, 6.07) is 14.9. The van der Waals surface area contributed by atoms with Gasteiger partial charge in [0.2, 0.25) is 11.0 Å². The van der Waals surface area contributed by atoms with E-state index >= 15 is 0 Å². The highest BCUT2D eigenvalue weighted by Crippen LogP contribution is 2.28. The third-order valence-corrected chi connectivity index (χ3v) is 6.39.